The number of hydrazone groups is 1. The Hall–Kier alpha value is -4.98. The van der Waals surface area contributed by atoms with Crippen molar-refractivity contribution in [3.8, 4) is 17.6 Å². The standard InChI is InChI=1S/C21H14N4O7/c22-11-15-5-1-2-7-17(15)30-13-19(26)24-23-12-14-4-3-6-16(10-14)31-21(27)18-8-9-20(32-18)25(28)29/h1-10,12H,13H2,(H,24,26)/b23-12-. The minimum absolute atomic E-state index is 0.140. The van der Waals surface area contributed by atoms with E-state index in [9.17, 15) is 19.7 Å². The predicted octanol–water partition coefficient (Wildman–Crippen LogP) is 2.81. The SMILES string of the molecule is N#Cc1ccccc1OCC(=O)N/N=C\c1cccc(OC(=O)c2ccc([N+](=O)[O-])o2)c1. The molecule has 0 aliphatic carbocycles. The summed E-state index contributed by atoms with van der Waals surface area (Å²) in [6.07, 6.45) is 1.32. The Morgan fingerprint density at radius 1 is 1.19 bits per heavy atom. The van der Waals surface area contributed by atoms with Crippen LogP contribution in [0.15, 0.2) is 70.2 Å². The summed E-state index contributed by atoms with van der Waals surface area (Å²) >= 11 is 0. The van der Waals surface area contributed by atoms with Gasteiger partial charge in [0.15, 0.2) is 6.61 Å². The molecule has 0 spiro atoms. The van der Waals surface area contributed by atoms with Crippen LogP contribution in [0.5, 0.6) is 11.5 Å². The van der Waals surface area contributed by atoms with Gasteiger partial charge in [0.1, 0.15) is 22.5 Å². The van der Waals surface area contributed by atoms with Crippen molar-refractivity contribution in [3.63, 3.8) is 0 Å². The first-order chi connectivity index (χ1) is 15.5. The molecule has 11 nitrogen and oxygen atoms in total. The molecule has 11 heteroatoms. The number of hydrogen-bond acceptors (Lipinski definition) is 9. The zero-order valence-electron chi connectivity index (χ0n) is 16.3. The van der Waals surface area contributed by atoms with Crippen LogP contribution in [-0.4, -0.2) is 29.6 Å². The maximum Gasteiger partial charge on any atom is 0.433 e. The van der Waals surface area contributed by atoms with Crippen LogP contribution >= 0.6 is 0 Å². The third-order valence-electron chi connectivity index (χ3n) is 3.81. The Kier molecular flexibility index (Phi) is 6.90. The number of esters is 1. The monoisotopic (exact) mass is 434 g/mol. The quantitative estimate of drug-likeness (QED) is 0.186. The Morgan fingerprint density at radius 3 is 2.75 bits per heavy atom. The number of nitriles is 1. The lowest BCUT2D eigenvalue weighted by Crippen LogP contribution is -2.24. The molecule has 32 heavy (non-hydrogen) atoms. The topological polar surface area (TPSA) is 157 Å². The summed E-state index contributed by atoms with van der Waals surface area (Å²) in [4.78, 5) is 33.8. The largest absolute Gasteiger partial charge is 0.482 e. The van der Waals surface area contributed by atoms with Crippen LogP contribution in [0.4, 0.5) is 5.88 Å². The molecule has 1 heterocycles. The molecule has 0 radical (unpaired) electrons. The summed E-state index contributed by atoms with van der Waals surface area (Å²) in [5.74, 6) is -1.92. The molecule has 0 atom stereocenters. The van der Waals surface area contributed by atoms with Gasteiger partial charge in [-0.2, -0.15) is 10.4 Å². The van der Waals surface area contributed by atoms with E-state index in [4.69, 9.17) is 19.2 Å². The lowest BCUT2D eigenvalue weighted by Gasteiger charge is -2.06. The number of hydrogen-bond donors (Lipinski definition) is 1. The van der Waals surface area contributed by atoms with Gasteiger partial charge >= 0.3 is 11.9 Å². The van der Waals surface area contributed by atoms with Crippen LogP contribution in [0.1, 0.15) is 21.7 Å². The van der Waals surface area contributed by atoms with Gasteiger partial charge in [0.05, 0.1) is 17.8 Å². The van der Waals surface area contributed by atoms with Gasteiger partial charge in [-0.1, -0.05) is 24.3 Å². The number of amides is 1. The fourth-order valence-corrected chi connectivity index (χ4v) is 2.39. The average molecular weight is 434 g/mol. The molecule has 0 fully saturated rings. The Bertz CT molecular complexity index is 1230. The Balaban J connectivity index is 1.53. The van der Waals surface area contributed by atoms with Crippen molar-refractivity contribution >= 4 is 24.0 Å². The summed E-state index contributed by atoms with van der Waals surface area (Å²) in [5, 5.41) is 23.4. The molecule has 0 saturated heterocycles. The number of nitrogens with zero attached hydrogens (tertiary/aromatic N) is 3. The van der Waals surface area contributed by atoms with Crippen molar-refractivity contribution in [2.75, 3.05) is 6.61 Å². The normalized spacial score (nSPS) is 10.3. The van der Waals surface area contributed by atoms with E-state index in [-0.39, 0.29) is 23.9 Å². The fourth-order valence-electron chi connectivity index (χ4n) is 2.39. The van der Waals surface area contributed by atoms with Crippen molar-refractivity contribution in [3.05, 3.63) is 87.7 Å². The lowest BCUT2D eigenvalue weighted by molar-refractivity contribution is -0.402. The van der Waals surface area contributed by atoms with E-state index in [1.807, 2.05) is 6.07 Å². The highest BCUT2D eigenvalue weighted by molar-refractivity contribution is 5.89. The van der Waals surface area contributed by atoms with Gasteiger partial charge in [0.25, 0.3) is 5.91 Å². The molecule has 1 aromatic heterocycles. The summed E-state index contributed by atoms with van der Waals surface area (Å²) in [5.41, 5.74) is 3.08. The molecule has 0 unspecified atom stereocenters. The lowest BCUT2D eigenvalue weighted by atomic mass is 10.2. The summed E-state index contributed by atoms with van der Waals surface area (Å²) in [7, 11) is 0. The first kappa shape index (κ1) is 21.7. The van der Waals surface area contributed by atoms with Crippen LogP contribution in [0.3, 0.4) is 0 Å². The number of carbonyl (C=O) groups is 2. The highest BCUT2D eigenvalue weighted by Crippen LogP contribution is 2.19. The molecule has 0 saturated carbocycles. The number of furan rings is 1. The number of ether oxygens (including phenoxy) is 2. The van der Waals surface area contributed by atoms with Crippen LogP contribution in [-0.2, 0) is 4.79 Å². The van der Waals surface area contributed by atoms with Gasteiger partial charge in [-0.3, -0.25) is 14.9 Å². The molecule has 0 bridgehead atoms. The van der Waals surface area contributed by atoms with E-state index in [1.54, 1.807) is 36.4 Å². The molecule has 1 amide bonds. The average Bonchev–Trinajstić information content (AvgIpc) is 3.29. The van der Waals surface area contributed by atoms with Gasteiger partial charge in [0.2, 0.25) is 5.76 Å². The first-order valence-corrected chi connectivity index (χ1v) is 8.96. The summed E-state index contributed by atoms with van der Waals surface area (Å²) < 4.78 is 15.2. The second-order valence-electron chi connectivity index (χ2n) is 6.05. The van der Waals surface area contributed by atoms with Crippen molar-refractivity contribution in [2.45, 2.75) is 0 Å². The van der Waals surface area contributed by atoms with Crippen molar-refractivity contribution in [2.24, 2.45) is 5.10 Å². The molecule has 1 N–H and O–H groups in total. The van der Waals surface area contributed by atoms with Gasteiger partial charge in [-0.15, -0.1) is 0 Å². The third-order valence-corrected chi connectivity index (χ3v) is 3.81. The van der Waals surface area contributed by atoms with E-state index < -0.39 is 22.7 Å². The molecule has 0 aliphatic heterocycles. The maximum absolute atomic E-state index is 12.0. The van der Waals surface area contributed by atoms with Gasteiger partial charge in [-0.25, -0.2) is 10.2 Å². The van der Waals surface area contributed by atoms with Gasteiger partial charge in [-0.05, 0) is 35.9 Å². The number of nitro groups is 1. The third kappa shape index (κ3) is 5.77. The molecular formula is C21H14N4O7. The van der Waals surface area contributed by atoms with Crippen molar-refractivity contribution in [1.29, 1.82) is 5.26 Å². The molecular weight excluding hydrogens is 420 g/mol. The first-order valence-electron chi connectivity index (χ1n) is 8.96. The van der Waals surface area contributed by atoms with E-state index in [0.717, 1.165) is 12.1 Å². The zero-order valence-corrected chi connectivity index (χ0v) is 16.3. The molecule has 3 aromatic rings. The van der Waals surface area contributed by atoms with Crippen LogP contribution in [0.25, 0.3) is 0 Å². The number of rotatable bonds is 8. The van der Waals surface area contributed by atoms with E-state index in [0.29, 0.717) is 11.1 Å². The highest BCUT2D eigenvalue weighted by atomic mass is 16.7. The second kappa shape index (κ2) is 10.2. The number of benzene rings is 2. The number of nitrogens with one attached hydrogen (secondary N) is 1. The highest BCUT2D eigenvalue weighted by Gasteiger charge is 2.19. The fraction of sp³-hybridized carbons (Fsp3) is 0.0476. The van der Waals surface area contributed by atoms with Crippen LogP contribution in [0, 0.1) is 21.4 Å². The van der Waals surface area contributed by atoms with E-state index in [2.05, 4.69) is 10.5 Å². The smallest absolute Gasteiger partial charge is 0.433 e. The minimum atomic E-state index is -0.907. The van der Waals surface area contributed by atoms with Crippen LogP contribution in [0.2, 0.25) is 0 Å². The van der Waals surface area contributed by atoms with Crippen molar-refractivity contribution in [1.82, 2.24) is 5.43 Å². The minimum Gasteiger partial charge on any atom is -0.482 e. The van der Waals surface area contributed by atoms with Gasteiger partial charge < -0.3 is 13.9 Å². The van der Waals surface area contributed by atoms with Crippen molar-refractivity contribution < 1.29 is 28.4 Å². The summed E-state index contributed by atoms with van der Waals surface area (Å²) in [6, 6.07) is 16.8. The second-order valence-corrected chi connectivity index (χ2v) is 6.05. The molecule has 3 rings (SSSR count). The van der Waals surface area contributed by atoms with E-state index in [1.165, 1.54) is 18.3 Å². The molecule has 160 valence electrons. The Labute approximate surface area is 180 Å². The van der Waals surface area contributed by atoms with E-state index >= 15 is 0 Å². The summed E-state index contributed by atoms with van der Waals surface area (Å²) in [6.45, 7) is -0.344. The zero-order chi connectivity index (χ0) is 22.9. The Morgan fingerprint density at radius 2 is 2.00 bits per heavy atom. The van der Waals surface area contributed by atoms with Crippen LogP contribution < -0.4 is 14.9 Å². The maximum atomic E-state index is 12.0. The number of carbonyl (C=O) groups excluding carboxylic acids is 2. The molecule has 2 aromatic carbocycles. The number of para-hydroxylation sites is 1. The predicted molar refractivity (Wildman–Crippen MR) is 109 cm³/mol. The molecule has 0 aliphatic rings. The van der Waals surface area contributed by atoms with Gasteiger partial charge in [0, 0.05) is 0 Å².